The van der Waals surface area contributed by atoms with E-state index in [2.05, 4.69) is 15.9 Å². The molecule has 0 fully saturated rings. The Balaban J connectivity index is 2.05. The average molecular weight is 343 g/mol. The molecule has 0 radical (unpaired) electrons. The van der Waals surface area contributed by atoms with Gasteiger partial charge in [-0.05, 0) is 36.4 Å². The third kappa shape index (κ3) is 3.64. The number of carbonyl (C=O) groups excluding carboxylic acids is 1. The fourth-order valence-electron chi connectivity index (χ4n) is 1.48. The molecule has 98 valence electrons. The second-order valence-electron chi connectivity index (χ2n) is 3.77. The minimum Gasteiger partial charge on any atom is -0.293 e. The van der Waals surface area contributed by atoms with E-state index in [4.69, 9.17) is 0 Å². The number of ketones is 1. The summed E-state index contributed by atoms with van der Waals surface area (Å²) in [4.78, 5) is 12.7. The van der Waals surface area contributed by atoms with Crippen LogP contribution in [0.4, 0.5) is 8.78 Å². The minimum absolute atomic E-state index is 0.0714. The molecule has 2 rings (SSSR count). The van der Waals surface area contributed by atoms with Crippen LogP contribution in [0.1, 0.15) is 10.4 Å². The second-order valence-corrected chi connectivity index (χ2v) is 5.73. The van der Waals surface area contributed by atoms with E-state index in [-0.39, 0.29) is 11.3 Å². The van der Waals surface area contributed by atoms with Gasteiger partial charge >= 0.3 is 0 Å². The van der Waals surface area contributed by atoms with Crippen molar-refractivity contribution in [2.45, 2.75) is 4.90 Å². The number of halogens is 3. The molecule has 0 aliphatic heterocycles. The van der Waals surface area contributed by atoms with Crippen molar-refractivity contribution in [1.29, 1.82) is 0 Å². The first-order valence-corrected chi connectivity index (χ1v) is 7.21. The van der Waals surface area contributed by atoms with Gasteiger partial charge in [0, 0.05) is 9.37 Å². The maximum atomic E-state index is 13.4. The molecule has 0 heterocycles. The monoisotopic (exact) mass is 342 g/mol. The smallest absolute Gasteiger partial charge is 0.176 e. The fraction of sp³-hybridized carbons (Fsp3) is 0.0714. The Hall–Kier alpha value is -1.20. The summed E-state index contributed by atoms with van der Waals surface area (Å²) in [5, 5.41) is 0. The van der Waals surface area contributed by atoms with Crippen LogP contribution in [0.3, 0.4) is 0 Å². The van der Waals surface area contributed by atoms with Gasteiger partial charge in [0.15, 0.2) is 17.4 Å². The summed E-state index contributed by atoms with van der Waals surface area (Å²) in [5.74, 6) is -2.43. The molecule has 0 saturated heterocycles. The van der Waals surface area contributed by atoms with Gasteiger partial charge in [0.2, 0.25) is 0 Å². The molecule has 0 N–H and O–H groups in total. The van der Waals surface area contributed by atoms with Gasteiger partial charge in [-0.15, -0.1) is 11.8 Å². The third-order valence-corrected chi connectivity index (χ3v) is 3.98. The number of thioether (sulfide) groups is 1. The molecule has 0 aliphatic rings. The van der Waals surface area contributed by atoms with E-state index in [9.17, 15) is 13.6 Å². The molecule has 0 aromatic heterocycles. The summed E-state index contributed by atoms with van der Waals surface area (Å²) < 4.78 is 27.4. The average Bonchev–Trinajstić information content (AvgIpc) is 2.41. The Bertz CT molecular complexity index is 599. The minimum atomic E-state index is -1.08. The third-order valence-electron chi connectivity index (χ3n) is 2.44. The van der Waals surface area contributed by atoms with Gasteiger partial charge in [0.05, 0.1) is 11.3 Å². The van der Waals surface area contributed by atoms with Crippen molar-refractivity contribution in [2.75, 3.05) is 5.75 Å². The zero-order valence-corrected chi connectivity index (χ0v) is 12.1. The second kappa shape index (κ2) is 6.30. The first kappa shape index (κ1) is 14.2. The van der Waals surface area contributed by atoms with Crippen LogP contribution in [0.5, 0.6) is 0 Å². The van der Waals surface area contributed by atoms with Crippen molar-refractivity contribution in [3.05, 3.63) is 64.1 Å². The molecule has 2 aromatic carbocycles. The van der Waals surface area contributed by atoms with E-state index >= 15 is 0 Å². The lowest BCUT2D eigenvalue weighted by Gasteiger charge is -2.03. The molecular weight excluding hydrogens is 334 g/mol. The highest BCUT2D eigenvalue weighted by Gasteiger charge is 2.15. The Morgan fingerprint density at radius 3 is 2.47 bits per heavy atom. The van der Waals surface area contributed by atoms with Gasteiger partial charge in [-0.2, -0.15) is 0 Å². The van der Waals surface area contributed by atoms with Crippen LogP contribution in [0.15, 0.2) is 51.8 Å². The maximum absolute atomic E-state index is 13.4. The zero-order chi connectivity index (χ0) is 13.8. The number of rotatable bonds is 4. The van der Waals surface area contributed by atoms with E-state index in [1.165, 1.54) is 23.9 Å². The summed E-state index contributed by atoms with van der Waals surface area (Å²) in [5.41, 5.74) is -0.204. The van der Waals surface area contributed by atoms with Crippen molar-refractivity contribution in [3.63, 3.8) is 0 Å². The quantitative estimate of drug-likeness (QED) is 0.591. The lowest BCUT2D eigenvalue weighted by molar-refractivity contribution is 0.101. The Labute approximate surface area is 122 Å². The SMILES string of the molecule is O=C(CSc1ccc(Br)cc1)c1cccc(F)c1F. The standard InChI is InChI=1S/C14H9BrF2OS/c15-9-4-6-10(7-5-9)19-8-13(18)11-2-1-3-12(16)14(11)17/h1-7H,8H2. The van der Waals surface area contributed by atoms with Crippen LogP contribution < -0.4 is 0 Å². The van der Waals surface area contributed by atoms with Gasteiger partial charge in [-0.1, -0.05) is 22.0 Å². The lowest BCUT2D eigenvalue weighted by atomic mass is 10.1. The molecular formula is C14H9BrF2OS. The van der Waals surface area contributed by atoms with Gasteiger partial charge in [0.1, 0.15) is 0 Å². The summed E-state index contributed by atoms with van der Waals surface area (Å²) in [6, 6.07) is 11.0. The predicted octanol–water partition coefficient (Wildman–Crippen LogP) is 4.70. The Morgan fingerprint density at radius 1 is 1.11 bits per heavy atom. The lowest BCUT2D eigenvalue weighted by Crippen LogP contribution is -2.06. The van der Waals surface area contributed by atoms with E-state index in [0.29, 0.717) is 0 Å². The molecule has 0 atom stereocenters. The molecule has 19 heavy (non-hydrogen) atoms. The van der Waals surface area contributed by atoms with E-state index in [1.807, 2.05) is 24.3 Å². The normalized spacial score (nSPS) is 10.5. The van der Waals surface area contributed by atoms with Crippen molar-refractivity contribution in [2.24, 2.45) is 0 Å². The van der Waals surface area contributed by atoms with Crippen LogP contribution in [0.25, 0.3) is 0 Å². The maximum Gasteiger partial charge on any atom is 0.176 e. The number of carbonyl (C=O) groups is 1. The van der Waals surface area contributed by atoms with E-state index in [0.717, 1.165) is 15.4 Å². The number of hydrogen-bond donors (Lipinski definition) is 0. The molecule has 0 aliphatic carbocycles. The van der Waals surface area contributed by atoms with Crippen molar-refractivity contribution < 1.29 is 13.6 Å². The zero-order valence-electron chi connectivity index (χ0n) is 9.70. The molecule has 0 unspecified atom stereocenters. The van der Waals surface area contributed by atoms with Gasteiger partial charge in [-0.25, -0.2) is 8.78 Å². The molecule has 0 spiro atoms. The first-order chi connectivity index (χ1) is 9.08. The molecule has 5 heteroatoms. The summed E-state index contributed by atoms with van der Waals surface area (Å²) >= 11 is 4.60. The van der Waals surface area contributed by atoms with E-state index < -0.39 is 17.4 Å². The fourth-order valence-corrected chi connectivity index (χ4v) is 2.52. The highest BCUT2D eigenvalue weighted by Crippen LogP contribution is 2.22. The topological polar surface area (TPSA) is 17.1 Å². The number of Topliss-reactive ketones (excluding diaryl/α,β-unsaturated/α-hetero) is 1. The summed E-state index contributed by atoms with van der Waals surface area (Å²) in [6.45, 7) is 0. The van der Waals surface area contributed by atoms with E-state index in [1.54, 1.807) is 0 Å². The van der Waals surface area contributed by atoms with Crippen LogP contribution in [-0.4, -0.2) is 11.5 Å². The molecule has 0 amide bonds. The number of benzene rings is 2. The van der Waals surface area contributed by atoms with Crippen molar-refractivity contribution >= 4 is 33.5 Å². The van der Waals surface area contributed by atoms with Crippen molar-refractivity contribution in [3.8, 4) is 0 Å². The van der Waals surface area contributed by atoms with Gasteiger partial charge < -0.3 is 0 Å². The highest BCUT2D eigenvalue weighted by atomic mass is 79.9. The molecule has 0 saturated carbocycles. The van der Waals surface area contributed by atoms with Crippen LogP contribution in [0.2, 0.25) is 0 Å². The highest BCUT2D eigenvalue weighted by molar-refractivity contribution is 9.10. The van der Waals surface area contributed by atoms with Crippen LogP contribution in [0, 0.1) is 11.6 Å². The number of hydrogen-bond acceptors (Lipinski definition) is 2. The molecule has 0 bridgehead atoms. The molecule has 1 nitrogen and oxygen atoms in total. The molecule has 2 aromatic rings. The van der Waals surface area contributed by atoms with Crippen LogP contribution >= 0.6 is 27.7 Å². The van der Waals surface area contributed by atoms with Crippen molar-refractivity contribution in [1.82, 2.24) is 0 Å². The van der Waals surface area contributed by atoms with Gasteiger partial charge in [-0.3, -0.25) is 4.79 Å². The first-order valence-electron chi connectivity index (χ1n) is 5.43. The predicted molar refractivity (Wildman–Crippen MR) is 75.6 cm³/mol. The largest absolute Gasteiger partial charge is 0.293 e. The van der Waals surface area contributed by atoms with Gasteiger partial charge in [0.25, 0.3) is 0 Å². The van der Waals surface area contributed by atoms with Crippen LogP contribution in [-0.2, 0) is 0 Å². The Morgan fingerprint density at radius 2 is 1.79 bits per heavy atom. The summed E-state index contributed by atoms with van der Waals surface area (Å²) in [6.07, 6.45) is 0. The Kier molecular flexibility index (Phi) is 4.71. The summed E-state index contributed by atoms with van der Waals surface area (Å²) in [7, 11) is 0.